The van der Waals surface area contributed by atoms with Crippen LogP contribution in [0.15, 0.2) is 0 Å². The quantitative estimate of drug-likeness (QED) is 0.394. The van der Waals surface area contributed by atoms with Crippen LogP contribution in [0.25, 0.3) is 0 Å². The molecular formula is C33H60. The molecule has 192 valence electrons. The summed E-state index contributed by atoms with van der Waals surface area (Å²) in [7, 11) is 0. The first-order valence-electron chi connectivity index (χ1n) is 15.6. The highest BCUT2D eigenvalue weighted by Gasteiger charge is 2.56. The normalized spacial score (nSPS) is 34.4. The third-order valence-electron chi connectivity index (χ3n) is 11.9. The lowest BCUT2D eigenvalue weighted by molar-refractivity contribution is -0.119. The summed E-state index contributed by atoms with van der Waals surface area (Å²) in [4.78, 5) is 0. The van der Waals surface area contributed by atoms with Crippen LogP contribution in [0.5, 0.6) is 0 Å². The second-order valence-electron chi connectivity index (χ2n) is 15.5. The van der Waals surface area contributed by atoms with Crippen LogP contribution in [0.1, 0.15) is 157 Å². The van der Waals surface area contributed by atoms with Gasteiger partial charge in [-0.2, -0.15) is 0 Å². The Labute approximate surface area is 208 Å². The summed E-state index contributed by atoms with van der Waals surface area (Å²) in [6.07, 6.45) is 27.8. The molecule has 0 heteroatoms. The minimum Gasteiger partial charge on any atom is -0.0599 e. The molecule has 4 saturated carbocycles. The molecule has 0 unspecified atom stereocenters. The topological polar surface area (TPSA) is 0 Å². The van der Waals surface area contributed by atoms with Crippen molar-refractivity contribution in [3.05, 3.63) is 0 Å². The Kier molecular flexibility index (Phi) is 8.33. The van der Waals surface area contributed by atoms with E-state index in [1.54, 1.807) is 51.4 Å². The van der Waals surface area contributed by atoms with Crippen molar-refractivity contribution in [2.45, 2.75) is 157 Å². The summed E-state index contributed by atoms with van der Waals surface area (Å²) in [5.74, 6) is 6.11. The van der Waals surface area contributed by atoms with Gasteiger partial charge in [-0.15, -0.1) is 0 Å². The summed E-state index contributed by atoms with van der Waals surface area (Å²) in [6, 6.07) is 0. The molecule has 0 atom stereocenters. The molecule has 0 aliphatic heterocycles. The van der Waals surface area contributed by atoms with E-state index in [1.165, 1.54) is 64.2 Å². The van der Waals surface area contributed by atoms with Crippen LogP contribution in [-0.4, -0.2) is 0 Å². The van der Waals surface area contributed by atoms with E-state index >= 15 is 0 Å². The third kappa shape index (κ3) is 5.56. The van der Waals surface area contributed by atoms with Gasteiger partial charge in [0, 0.05) is 0 Å². The van der Waals surface area contributed by atoms with Crippen molar-refractivity contribution < 1.29 is 0 Å². The molecule has 0 aromatic heterocycles. The number of hydrogen-bond donors (Lipinski definition) is 0. The van der Waals surface area contributed by atoms with Gasteiger partial charge in [-0.1, -0.05) is 80.1 Å². The molecule has 4 aliphatic rings. The molecule has 4 aliphatic carbocycles. The summed E-state index contributed by atoms with van der Waals surface area (Å²) in [6.45, 7) is 15.1. The van der Waals surface area contributed by atoms with E-state index in [0.29, 0.717) is 16.2 Å². The predicted molar refractivity (Wildman–Crippen MR) is 145 cm³/mol. The highest BCUT2D eigenvalue weighted by molar-refractivity contribution is 5.05. The monoisotopic (exact) mass is 456 g/mol. The van der Waals surface area contributed by atoms with Crippen LogP contribution in [0, 0.1) is 51.8 Å². The fraction of sp³-hybridized carbons (Fsp3) is 1.00. The lowest BCUT2D eigenvalue weighted by Crippen LogP contribution is -2.53. The molecule has 4 rings (SSSR count). The first-order valence-corrected chi connectivity index (χ1v) is 15.6. The zero-order valence-electron chi connectivity index (χ0n) is 23.7. The van der Waals surface area contributed by atoms with Gasteiger partial charge in [0.1, 0.15) is 0 Å². The molecule has 0 nitrogen and oxygen atoms in total. The largest absolute Gasteiger partial charge is 0.0599 e. The average molecular weight is 457 g/mol. The molecule has 0 N–H and O–H groups in total. The van der Waals surface area contributed by atoms with E-state index in [2.05, 4.69) is 41.5 Å². The van der Waals surface area contributed by atoms with Crippen LogP contribution in [0.2, 0.25) is 0 Å². The molecular weight excluding hydrogens is 396 g/mol. The van der Waals surface area contributed by atoms with Crippen molar-refractivity contribution in [3.8, 4) is 0 Å². The van der Waals surface area contributed by atoms with E-state index in [1.807, 2.05) is 0 Å². The van der Waals surface area contributed by atoms with E-state index in [0.717, 1.165) is 35.5 Å². The van der Waals surface area contributed by atoms with Gasteiger partial charge in [-0.3, -0.25) is 0 Å². The van der Waals surface area contributed by atoms with Crippen LogP contribution in [0.4, 0.5) is 0 Å². The van der Waals surface area contributed by atoms with E-state index in [9.17, 15) is 0 Å². The maximum absolute atomic E-state index is 2.52. The van der Waals surface area contributed by atoms with E-state index < -0.39 is 0 Å². The van der Waals surface area contributed by atoms with Gasteiger partial charge in [0.15, 0.2) is 0 Å². The smallest absolute Gasteiger partial charge is 0.0184 e. The van der Waals surface area contributed by atoms with Gasteiger partial charge in [0.25, 0.3) is 0 Å². The lowest BCUT2D eigenvalue weighted by atomic mass is 9.44. The maximum atomic E-state index is 2.52. The van der Waals surface area contributed by atoms with Gasteiger partial charge in [0.05, 0.1) is 0 Å². The molecule has 33 heavy (non-hydrogen) atoms. The molecule has 0 bridgehead atoms. The molecule has 0 radical (unpaired) electrons. The molecule has 0 aromatic carbocycles. The standard InChI is InChI=1S/C33H60/c1-31(2,3)25-17-21-29(22-18-25)33(27-13-9-7-10-14-27,28-15-11-8-12-16-28)30-23-19-26(20-24-30)32(4,5)6/h25-30H,7-24H2,1-6H3. The molecule has 0 saturated heterocycles. The Hall–Kier alpha value is 0. The lowest BCUT2D eigenvalue weighted by Gasteiger charge is -2.61. The zero-order chi connectivity index (χ0) is 23.7. The van der Waals surface area contributed by atoms with Gasteiger partial charge >= 0.3 is 0 Å². The fourth-order valence-corrected chi connectivity index (χ4v) is 10.1. The fourth-order valence-electron chi connectivity index (χ4n) is 10.1. The summed E-state index contributed by atoms with van der Waals surface area (Å²) >= 11 is 0. The zero-order valence-corrected chi connectivity index (χ0v) is 23.7. The second kappa shape index (κ2) is 10.5. The van der Waals surface area contributed by atoms with Crippen LogP contribution in [0.3, 0.4) is 0 Å². The summed E-state index contributed by atoms with van der Waals surface area (Å²) < 4.78 is 0. The predicted octanol–water partition coefficient (Wildman–Crippen LogP) is 10.8. The second-order valence-corrected chi connectivity index (χ2v) is 15.5. The van der Waals surface area contributed by atoms with Crippen molar-refractivity contribution in [2.24, 2.45) is 51.8 Å². The van der Waals surface area contributed by atoms with Gasteiger partial charge < -0.3 is 0 Å². The Bertz CT molecular complexity index is 519. The minimum atomic E-state index is 0.508. The van der Waals surface area contributed by atoms with Crippen molar-refractivity contribution in [2.75, 3.05) is 0 Å². The van der Waals surface area contributed by atoms with Gasteiger partial charge in [-0.25, -0.2) is 0 Å². The Morgan fingerprint density at radius 3 is 0.818 bits per heavy atom. The Morgan fingerprint density at radius 1 is 0.303 bits per heavy atom. The van der Waals surface area contributed by atoms with E-state index in [-0.39, 0.29) is 0 Å². The minimum absolute atomic E-state index is 0.508. The van der Waals surface area contributed by atoms with Crippen LogP contribution < -0.4 is 0 Å². The summed E-state index contributed by atoms with van der Waals surface area (Å²) in [5, 5.41) is 0. The Morgan fingerprint density at radius 2 is 0.545 bits per heavy atom. The third-order valence-corrected chi connectivity index (χ3v) is 11.9. The molecule has 0 heterocycles. The summed E-state index contributed by atoms with van der Waals surface area (Å²) in [5.41, 5.74) is 1.72. The maximum Gasteiger partial charge on any atom is -0.0184 e. The van der Waals surface area contributed by atoms with Gasteiger partial charge in [-0.05, 0) is 129 Å². The highest BCUT2D eigenvalue weighted by Crippen LogP contribution is 2.64. The first kappa shape index (κ1) is 26.1. The average Bonchev–Trinajstić information content (AvgIpc) is 2.81. The van der Waals surface area contributed by atoms with Crippen molar-refractivity contribution in [3.63, 3.8) is 0 Å². The number of hydrogen-bond acceptors (Lipinski definition) is 0. The van der Waals surface area contributed by atoms with Crippen molar-refractivity contribution in [1.82, 2.24) is 0 Å². The Balaban J connectivity index is 1.65. The van der Waals surface area contributed by atoms with Crippen molar-refractivity contribution in [1.29, 1.82) is 0 Å². The molecule has 4 fully saturated rings. The van der Waals surface area contributed by atoms with Crippen molar-refractivity contribution >= 4 is 0 Å². The molecule has 0 aromatic rings. The molecule has 0 spiro atoms. The van der Waals surface area contributed by atoms with E-state index in [4.69, 9.17) is 0 Å². The number of rotatable bonds is 4. The highest BCUT2D eigenvalue weighted by atomic mass is 14.6. The van der Waals surface area contributed by atoms with Crippen LogP contribution >= 0.6 is 0 Å². The SMILES string of the molecule is CC(C)(C)C1CCC(C(C2CCCCC2)(C2CCCCC2)C2CCC(C(C)(C)C)CC2)CC1. The van der Waals surface area contributed by atoms with Gasteiger partial charge in [0.2, 0.25) is 0 Å². The molecule has 0 amide bonds. The van der Waals surface area contributed by atoms with Crippen LogP contribution in [-0.2, 0) is 0 Å². The first-order chi connectivity index (χ1) is 15.6.